The Morgan fingerprint density at radius 2 is 1.41 bits per heavy atom. The summed E-state index contributed by atoms with van der Waals surface area (Å²) >= 11 is 0. The summed E-state index contributed by atoms with van der Waals surface area (Å²) in [6, 6.07) is 25.7. The molecule has 0 aliphatic heterocycles. The van der Waals surface area contributed by atoms with E-state index in [-0.39, 0.29) is 0 Å². The number of rotatable bonds is 8. The molecule has 0 amide bonds. The van der Waals surface area contributed by atoms with Crippen LogP contribution in [0.15, 0.2) is 84.0 Å². The molecule has 0 saturated carbocycles. The fourth-order valence-corrected chi connectivity index (χ4v) is 2.54. The van der Waals surface area contributed by atoms with Gasteiger partial charge in [-0.3, -0.25) is 0 Å². The Morgan fingerprint density at radius 1 is 0.778 bits per heavy atom. The van der Waals surface area contributed by atoms with Gasteiger partial charge in [-0.2, -0.15) is 0 Å². The highest BCUT2D eigenvalue weighted by Crippen LogP contribution is 2.17. The minimum atomic E-state index is 0.330. The molecule has 0 N–H and O–H groups in total. The third kappa shape index (κ3) is 5.61. The zero-order valence-corrected chi connectivity index (χ0v) is 15.6. The van der Waals surface area contributed by atoms with Crippen LogP contribution in [0.5, 0.6) is 11.5 Å². The van der Waals surface area contributed by atoms with Crippen molar-refractivity contribution in [3.63, 3.8) is 0 Å². The van der Waals surface area contributed by atoms with Crippen LogP contribution >= 0.6 is 0 Å². The minimum Gasteiger partial charge on any atom is -0.489 e. The van der Waals surface area contributed by atoms with E-state index in [4.69, 9.17) is 14.3 Å². The molecule has 0 atom stereocenters. The molecular formula is C23H23NO3. The van der Waals surface area contributed by atoms with Gasteiger partial charge >= 0.3 is 0 Å². The van der Waals surface area contributed by atoms with Gasteiger partial charge in [0, 0.05) is 5.56 Å². The largest absolute Gasteiger partial charge is 0.489 e. The van der Waals surface area contributed by atoms with Crippen LogP contribution in [0.1, 0.15) is 16.7 Å². The molecule has 0 bridgehead atoms. The first kappa shape index (κ1) is 18.5. The van der Waals surface area contributed by atoms with E-state index in [1.54, 1.807) is 0 Å². The summed E-state index contributed by atoms with van der Waals surface area (Å²) in [5.74, 6) is 1.64. The quantitative estimate of drug-likeness (QED) is 0.418. The van der Waals surface area contributed by atoms with Gasteiger partial charge in [-0.25, -0.2) is 0 Å². The van der Waals surface area contributed by atoms with Gasteiger partial charge in [-0.05, 0) is 36.8 Å². The maximum absolute atomic E-state index is 5.85. The zero-order valence-electron chi connectivity index (χ0n) is 15.6. The predicted molar refractivity (Wildman–Crippen MR) is 107 cm³/mol. The molecule has 3 aromatic rings. The van der Waals surface area contributed by atoms with E-state index in [0.29, 0.717) is 13.2 Å². The Labute approximate surface area is 160 Å². The Balaban J connectivity index is 1.55. The summed E-state index contributed by atoms with van der Waals surface area (Å²) in [4.78, 5) is 4.94. The Morgan fingerprint density at radius 3 is 2.07 bits per heavy atom. The van der Waals surface area contributed by atoms with Gasteiger partial charge in [0.25, 0.3) is 0 Å². The Kier molecular flexibility index (Phi) is 6.47. The lowest BCUT2D eigenvalue weighted by molar-refractivity contribution is 0.210. The second-order valence-electron chi connectivity index (χ2n) is 6.12. The Bertz CT molecular complexity index is 856. The maximum atomic E-state index is 5.85. The molecule has 138 valence electrons. The average molecular weight is 361 g/mol. The highest BCUT2D eigenvalue weighted by Gasteiger charge is 2.06. The molecule has 0 spiro atoms. The number of hydrogen-bond donors (Lipinski definition) is 0. The minimum absolute atomic E-state index is 0.330. The van der Waals surface area contributed by atoms with Crippen LogP contribution in [-0.2, 0) is 11.4 Å². The lowest BCUT2D eigenvalue weighted by Gasteiger charge is -2.10. The molecule has 3 aromatic carbocycles. The molecule has 0 aliphatic rings. The molecule has 4 heteroatoms. The van der Waals surface area contributed by atoms with Gasteiger partial charge < -0.3 is 14.3 Å². The van der Waals surface area contributed by atoms with Crippen molar-refractivity contribution in [2.75, 3.05) is 13.7 Å². The number of oxime groups is 1. The fourth-order valence-electron chi connectivity index (χ4n) is 2.54. The van der Waals surface area contributed by atoms with E-state index < -0.39 is 0 Å². The van der Waals surface area contributed by atoms with Crippen LogP contribution in [0.4, 0.5) is 0 Å². The molecular weight excluding hydrogens is 338 g/mol. The molecule has 0 fully saturated rings. The molecule has 27 heavy (non-hydrogen) atoms. The van der Waals surface area contributed by atoms with Crippen LogP contribution in [0.25, 0.3) is 0 Å². The van der Waals surface area contributed by atoms with E-state index in [2.05, 4.69) is 12.1 Å². The molecule has 0 heterocycles. The highest BCUT2D eigenvalue weighted by molar-refractivity contribution is 6.01. The first-order chi connectivity index (χ1) is 13.2. The third-order valence-corrected chi connectivity index (χ3v) is 4.03. The number of ether oxygens (including phenoxy) is 2. The molecule has 4 nitrogen and oxygen atoms in total. The summed E-state index contributed by atoms with van der Waals surface area (Å²) in [5, 5.41) is 4.07. The van der Waals surface area contributed by atoms with Crippen molar-refractivity contribution in [3.05, 3.63) is 95.6 Å². The van der Waals surface area contributed by atoms with Crippen LogP contribution in [-0.4, -0.2) is 19.4 Å². The summed E-state index contributed by atoms with van der Waals surface area (Å²) in [6.07, 6.45) is 0. The van der Waals surface area contributed by atoms with Crippen molar-refractivity contribution in [1.29, 1.82) is 0 Å². The summed E-state index contributed by atoms with van der Waals surface area (Å²) in [7, 11) is 1.53. The lowest BCUT2D eigenvalue weighted by Crippen LogP contribution is -2.13. The second kappa shape index (κ2) is 9.43. The topological polar surface area (TPSA) is 40.0 Å². The van der Waals surface area contributed by atoms with Crippen molar-refractivity contribution in [2.24, 2.45) is 5.16 Å². The predicted octanol–water partition coefficient (Wildman–Crippen LogP) is 5.00. The summed E-state index contributed by atoms with van der Waals surface area (Å²) in [5.41, 5.74) is 4.01. The third-order valence-electron chi connectivity index (χ3n) is 4.03. The van der Waals surface area contributed by atoms with Gasteiger partial charge in [0.05, 0.1) is 0 Å². The molecule has 0 aromatic heterocycles. The summed E-state index contributed by atoms with van der Waals surface area (Å²) in [6.45, 7) is 2.91. The van der Waals surface area contributed by atoms with Gasteiger partial charge in [-0.1, -0.05) is 65.3 Å². The van der Waals surface area contributed by atoms with Crippen molar-refractivity contribution in [2.45, 2.75) is 13.5 Å². The van der Waals surface area contributed by atoms with Crippen LogP contribution in [0, 0.1) is 6.92 Å². The van der Waals surface area contributed by atoms with Crippen LogP contribution in [0.3, 0.4) is 0 Å². The first-order valence-electron chi connectivity index (χ1n) is 8.81. The smallest absolute Gasteiger partial charge is 0.134 e. The molecule has 0 aliphatic carbocycles. The van der Waals surface area contributed by atoms with Crippen molar-refractivity contribution in [3.8, 4) is 11.5 Å². The molecule has 3 rings (SSSR count). The van der Waals surface area contributed by atoms with E-state index in [1.165, 1.54) is 12.7 Å². The first-order valence-corrected chi connectivity index (χ1v) is 8.81. The number of hydrogen-bond acceptors (Lipinski definition) is 4. The van der Waals surface area contributed by atoms with Gasteiger partial charge in [0.15, 0.2) is 0 Å². The zero-order chi connectivity index (χ0) is 18.9. The molecule has 0 saturated heterocycles. The Hall–Kier alpha value is -3.27. The van der Waals surface area contributed by atoms with Crippen molar-refractivity contribution in [1.82, 2.24) is 0 Å². The molecule has 0 radical (unpaired) electrons. The van der Waals surface area contributed by atoms with Gasteiger partial charge in [-0.15, -0.1) is 0 Å². The monoisotopic (exact) mass is 361 g/mol. The van der Waals surface area contributed by atoms with Gasteiger partial charge in [0.1, 0.15) is 37.5 Å². The average Bonchev–Trinajstić information content (AvgIpc) is 2.72. The van der Waals surface area contributed by atoms with Crippen molar-refractivity contribution >= 4 is 5.71 Å². The van der Waals surface area contributed by atoms with Crippen LogP contribution in [0.2, 0.25) is 0 Å². The fraction of sp³-hybridized carbons (Fsp3) is 0.174. The van der Waals surface area contributed by atoms with E-state index in [9.17, 15) is 0 Å². The van der Waals surface area contributed by atoms with Gasteiger partial charge in [0.2, 0.25) is 0 Å². The van der Waals surface area contributed by atoms with E-state index >= 15 is 0 Å². The van der Waals surface area contributed by atoms with Crippen LogP contribution < -0.4 is 9.47 Å². The van der Waals surface area contributed by atoms with E-state index in [1.807, 2.05) is 78.9 Å². The maximum Gasteiger partial charge on any atom is 0.134 e. The highest BCUT2D eigenvalue weighted by atomic mass is 16.6. The second-order valence-corrected chi connectivity index (χ2v) is 6.12. The van der Waals surface area contributed by atoms with Crippen molar-refractivity contribution < 1.29 is 14.3 Å². The standard InChI is InChI=1S/C23H23NO3/c1-18-8-12-21(13-9-18)26-16-19-10-14-22(15-11-19)27-17-23(24-25-2)20-6-4-3-5-7-20/h3-15H,16-17H2,1-2H3/b24-23+. The summed E-state index contributed by atoms with van der Waals surface area (Å²) < 4.78 is 11.7. The van der Waals surface area contributed by atoms with E-state index in [0.717, 1.165) is 28.3 Å². The lowest BCUT2D eigenvalue weighted by atomic mass is 10.1. The number of nitrogens with zero attached hydrogens (tertiary/aromatic N) is 1. The number of benzene rings is 3. The molecule has 0 unspecified atom stereocenters. The number of aryl methyl sites for hydroxylation is 1. The SMILES string of the molecule is CO/N=C(\COc1ccc(COc2ccc(C)cc2)cc1)c1ccccc1. The normalized spacial score (nSPS) is 11.1.